The van der Waals surface area contributed by atoms with Crippen molar-refractivity contribution in [1.29, 1.82) is 0 Å². The molecule has 6 heteroatoms. The third kappa shape index (κ3) is 3.14. The molecule has 0 bridgehead atoms. The molecule has 1 atom stereocenters. The van der Waals surface area contributed by atoms with Crippen LogP contribution in [0.5, 0.6) is 0 Å². The zero-order valence-electron chi connectivity index (χ0n) is 10.7. The highest BCUT2D eigenvalue weighted by atomic mass is 16.3. The summed E-state index contributed by atoms with van der Waals surface area (Å²) in [6.07, 6.45) is 4.97. The van der Waals surface area contributed by atoms with Crippen molar-refractivity contribution >= 4 is 11.8 Å². The number of rotatable bonds is 4. The third-order valence-corrected chi connectivity index (χ3v) is 3.49. The Balaban J connectivity index is 1.90. The molecule has 104 valence electrons. The Hall–Kier alpha value is -1.82. The maximum Gasteiger partial charge on any atom is 0.251 e. The van der Waals surface area contributed by atoms with Crippen molar-refractivity contribution in [2.24, 2.45) is 5.73 Å². The lowest BCUT2D eigenvalue weighted by molar-refractivity contribution is -0.148. The molecule has 2 rings (SSSR count). The normalized spacial score (nSPS) is 23.3. The highest BCUT2D eigenvalue weighted by Crippen LogP contribution is 2.21. The zero-order chi connectivity index (χ0) is 13.9. The van der Waals surface area contributed by atoms with Crippen LogP contribution in [-0.4, -0.2) is 40.5 Å². The van der Waals surface area contributed by atoms with Gasteiger partial charge < -0.3 is 20.2 Å². The van der Waals surface area contributed by atoms with E-state index < -0.39 is 11.5 Å². The maximum atomic E-state index is 12.0. The zero-order valence-corrected chi connectivity index (χ0v) is 10.7. The summed E-state index contributed by atoms with van der Waals surface area (Å²) in [5, 5.41) is 10.0. The van der Waals surface area contributed by atoms with E-state index in [1.54, 1.807) is 12.5 Å². The van der Waals surface area contributed by atoms with Crippen molar-refractivity contribution in [3.8, 4) is 0 Å². The number of aryl methyl sites for hydroxylation is 1. The number of hydrogen-bond donors (Lipinski definition) is 2. The molecule has 1 saturated heterocycles. The Morgan fingerprint density at radius 3 is 2.95 bits per heavy atom. The number of primary amides is 1. The fourth-order valence-electron chi connectivity index (χ4n) is 2.29. The first kappa shape index (κ1) is 13.6. The standard InChI is InChI=1S/C13H18N2O4/c14-12(17)13(18)5-1-6-15(9-13)11(16)3-2-10-4-7-19-8-10/h4,7-8,18H,1-3,5-6,9H2,(H2,14,17)/t13-/m0/s1. The summed E-state index contributed by atoms with van der Waals surface area (Å²) in [6, 6.07) is 1.81. The number of carbonyl (C=O) groups excluding carboxylic acids is 2. The van der Waals surface area contributed by atoms with Gasteiger partial charge in [0.25, 0.3) is 5.91 Å². The van der Waals surface area contributed by atoms with Crippen molar-refractivity contribution in [2.75, 3.05) is 13.1 Å². The minimum atomic E-state index is -1.58. The summed E-state index contributed by atoms with van der Waals surface area (Å²) in [5.74, 6) is -0.847. The topological polar surface area (TPSA) is 96.8 Å². The molecule has 1 aromatic heterocycles. The van der Waals surface area contributed by atoms with Gasteiger partial charge in [0.1, 0.15) is 0 Å². The van der Waals surface area contributed by atoms with Crippen LogP contribution in [0.4, 0.5) is 0 Å². The summed E-state index contributed by atoms with van der Waals surface area (Å²) in [5.41, 5.74) is 4.55. The molecule has 19 heavy (non-hydrogen) atoms. The van der Waals surface area contributed by atoms with E-state index in [-0.39, 0.29) is 12.5 Å². The number of piperidine rings is 1. The van der Waals surface area contributed by atoms with Gasteiger partial charge in [-0.25, -0.2) is 0 Å². The molecule has 0 unspecified atom stereocenters. The average molecular weight is 266 g/mol. The Kier molecular flexibility index (Phi) is 3.90. The molecular weight excluding hydrogens is 248 g/mol. The fourth-order valence-corrected chi connectivity index (χ4v) is 2.29. The highest BCUT2D eigenvalue weighted by Gasteiger charge is 2.39. The number of β-amino-alcohol motifs (C(OH)–C–C–N with tert-alkyl or cyclic N) is 1. The fraction of sp³-hybridized carbons (Fsp3) is 0.538. The van der Waals surface area contributed by atoms with Crippen LogP contribution in [0, 0.1) is 0 Å². The summed E-state index contributed by atoms with van der Waals surface area (Å²) >= 11 is 0. The number of nitrogens with zero attached hydrogens (tertiary/aromatic N) is 1. The van der Waals surface area contributed by atoms with E-state index in [1.807, 2.05) is 6.07 Å². The van der Waals surface area contributed by atoms with Gasteiger partial charge in [-0.15, -0.1) is 0 Å². The molecular formula is C13H18N2O4. The summed E-state index contributed by atoms with van der Waals surface area (Å²) in [6.45, 7) is 0.548. The lowest BCUT2D eigenvalue weighted by Crippen LogP contribution is -2.57. The molecule has 6 nitrogen and oxygen atoms in total. The molecule has 1 aromatic rings. The Morgan fingerprint density at radius 2 is 2.32 bits per heavy atom. The van der Waals surface area contributed by atoms with Gasteiger partial charge in [0.15, 0.2) is 5.60 Å². The molecule has 1 aliphatic rings. The van der Waals surface area contributed by atoms with Crippen LogP contribution in [-0.2, 0) is 16.0 Å². The van der Waals surface area contributed by atoms with E-state index in [0.29, 0.717) is 32.2 Å². The summed E-state index contributed by atoms with van der Waals surface area (Å²) < 4.78 is 4.93. The van der Waals surface area contributed by atoms with Crippen LogP contribution in [0.15, 0.2) is 23.0 Å². The van der Waals surface area contributed by atoms with Crippen molar-refractivity contribution < 1.29 is 19.1 Å². The number of aliphatic hydroxyl groups is 1. The number of likely N-dealkylation sites (tertiary alicyclic amines) is 1. The van der Waals surface area contributed by atoms with Crippen molar-refractivity contribution in [2.45, 2.75) is 31.3 Å². The molecule has 2 heterocycles. The molecule has 2 amide bonds. The number of nitrogens with two attached hydrogens (primary N) is 1. The second-order valence-corrected chi connectivity index (χ2v) is 4.95. The van der Waals surface area contributed by atoms with Gasteiger partial charge >= 0.3 is 0 Å². The summed E-state index contributed by atoms with van der Waals surface area (Å²) in [4.78, 5) is 24.8. The molecule has 0 saturated carbocycles. The molecule has 0 aromatic carbocycles. The predicted octanol–water partition coefficient (Wildman–Crippen LogP) is 0.0510. The first-order valence-electron chi connectivity index (χ1n) is 6.32. The van der Waals surface area contributed by atoms with Gasteiger partial charge in [0, 0.05) is 13.0 Å². The van der Waals surface area contributed by atoms with Crippen LogP contribution in [0.25, 0.3) is 0 Å². The van der Waals surface area contributed by atoms with E-state index in [0.717, 1.165) is 5.56 Å². The van der Waals surface area contributed by atoms with Gasteiger partial charge in [-0.1, -0.05) is 0 Å². The van der Waals surface area contributed by atoms with Gasteiger partial charge in [0.05, 0.1) is 19.1 Å². The van der Waals surface area contributed by atoms with Gasteiger partial charge in [-0.05, 0) is 30.9 Å². The van der Waals surface area contributed by atoms with Crippen LogP contribution in [0.3, 0.4) is 0 Å². The largest absolute Gasteiger partial charge is 0.472 e. The lowest BCUT2D eigenvalue weighted by Gasteiger charge is -2.37. The van der Waals surface area contributed by atoms with Crippen LogP contribution < -0.4 is 5.73 Å². The molecule has 0 spiro atoms. The number of hydrogen-bond acceptors (Lipinski definition) is 4. The number of carbonyl (C=O) groups is 2. The van der Waals surface area contributed by atoms with Gasteiger partial charge in [0.2, 0.25) is 5.91 Å². The second-order valence-electron chi connectivity index (χ2n) is 4.95. The van der Waals surface area contributed by atoms with Gasteiger partial charge in [-0.2, -0.15) is 0 Å². The van der Waals surface area contributed by atoms with Crippen LogP contribution >= 0.6 is 0 Å². The minimum Gasteiger partial charge on any atom is -0.472 e. The predicted molar refractivity (Wildman–Crippen MR) is 67.0 cm³/mol. The van der Waals surface area contributed by atoms with Crippen molar-refractivity contribution in [3.05, 3.63) is 24.2 Å². The van der Waals surface area contributed by atoms with E-state index in [2.05, 4.69) is 0 Å². The van der Waals surface area contributed by atoms with E-state index in [9.17, 15) is 14.7 Å². The van der Waals surface area contributed by atoms with Crippen molar-refractivity contribution in [1.82, 2.24) is 4.90 Å². The van der Waals surface area contributed by atoms with Gasteiger partial charge in [-0.3, -0.25) is 9.59 Å². The monoisotopic (exact) mass is 266 g/mol. The Labute approximate surface area is 111 Å². The molecule has 0 radical (unpaired) electrons. The molecule has 3 N–H and O–H groups in total. The average Bonchev–Trinajstić information content (AvgIpc) is 2.89. The Morgan fingerprint density at radius 1 is 1.53 bits per heavy atom. The maximum absolute atomic E-state index is 12.0. The second kappa shape index (κ2) is 5.44. The lowest BCUT2D eigenvalue weighted by atomic mass is 9.92. The van der Waals surface area contributed by atoms with Crippen LogP contribution in [0.2, 0.25) is 0 Å². The van der Waals surface area contributed by atoms with Crippen molar-refractivity contribution in [3.63, 3.8) is 0 Å². The number of amides is 2. The van der Waals surface area contributed by atoms with Crippen LogP contribution in [0.1, 0.15) is 24.8 Å². The number of furan rings is 1. The van der Waals surface area contributed by atoms with E-state index >= 15 is 0 Å². The quantitative estimate of drug-likeness (QED) is 0.804. The molecule has 0 aliphatic carbocycles. The summed E-state index contributed by atoms with van der Waals surface area (Å²) in [7, 11) is 0. The molecule has 1 aliphatic heterocycles. The van der Waals surface area contributed by atoms with E-state index in [1.165, 1.54) is 4.90 Å². The first-order chi connectivity index (χ1) is 9.01. The smallest absolute Gasteiger partial charge is 0.251 e. The minimum absolute atomic E-state index is 0.00739. The van der Waals surface area contributed by atoms with E-state index in [4.69, 9.17) is 10.2 Å². The SMILES string of the molecule is NC(=O)[C@]1(O)CCCN(C(=O)CCc2ccoc2)C1. The first-order valence-corrected chi connectivity index (χ1v) is 6.32. The Bertz CT molecular complexity index is 457. The molecule has 1 fully saturated rings. The highest BCUT2D eigenvalue weighted by molar-refractivity contribution is 5.85. The third-order valence-electron chi connectivity index (χ3n) is 3.49.